The van der Waals surface area contributed by atoms with Gasteiger partial charge in [0.15, 0.2) is 11.5 Å². The van der Waals surface area contributed by atoms with E-state index in [9.17, 15) is 14.4 Å². The Bertz CT molecular complexity index is 1010. The molecule has 0 aliphatic carbocycles. The highest BCUT2D eigenvalue weighted by Gasteiger charge is 2.50. The molecule has 1 aliphatic heterocycles. The van der Waals surface area contributed by atoms with Crippen molar-refractivity contribution in [3.8, 4) is 17.2 Å². The van der Waals surface area contributed by atoms with Gasteiger partial charge in [-0.2, -0.15) is 5.01 Å². The fourth-order valence-corrected chi connectivity index (χ4v) is 3.39. The quantitative estimate of drug-likeness (QED) is 0.522. The Morgan fingerprint density at radius 2 is 1.73 bits per heavy atom. The summed E-state index contributed by atoms with van der Waals surface area (Å²) in [5.74, 6) is 0.777. The van der Waals surface area contributed by atoms with Crippen LogP contribution in [0.15, 0.2) is 48.5 Å². The van der Waals surface area contributed by atoms with Gasteiger partial charge in [0.05, 0.1) is 20.8 Å². The van der Waals surface area contributed by atoms with Crippen molar-refractivity contribution in [3.63, 3.8) is 0 Å². The van der Waals surface area contributed by atoms with Gasteiger partial charge in [-0.25, -0.2) is 4.79 Å². The Labute approximate surface area is 192 Å². The van der Waals surface area contributed by atoms with Crippen LogP contribution in [0, 0.1) is 0 Å². The number of carbonyl (C=O) groups excluding carboxylic acids is 3. The normalized spacial score (nSPS) is 17.7. The number of nitrogens with zero attached hydrogens (tertiary/aromatic N) is 2. The van der Waals surface area contributed by atoms with Gasteiger partial charge in [0, 0.05) is 6.54 Å². The average molecular weight is 456 g/mol. The summed E-state index contributed by atoms with van der Waals surface area (Å²) in [6.45, 7) is 2.31. The molecule has 3 rings (SSSR count). The number of methoxy groups -OCH3 is 2. The summed E-state index contributed by atoms with van der Waals surface area (Å²) in [4.78, 5) is 39.5. The summed E-state index contributed by atoms with van der Waals surface area (Å²) >= 11 is 0. The van der Waals surface area contributed by atoms with Crippen LogP contribution in [-0.2, 0) is 15.1 Å². The summed E-state index contributed by atoms with van der Waals surface area (Å²) in [6, 6.07) is 13.4. The third-order valence-electron chi connectivity index (χ3n) is 5.31. The molecule has 1 saturated heterocycles. The molecule has 2 aromatic rings. The van der Waals surface area contributed by atoms with Crippen molar-refractivity contribution in [2.45, 2.75) is 12.5 Å². The molecule has 1 fully saturated rings. The molecule has 10 nitrogen and oxygen atoms in total. The lowest BCUT2D eigenvalue weighted by Crippen LogP contribution is -2.50. The van der Waals surface area contributed by atoms with Crippen molar-refractivity contribution >= 4 is 17.8 Å². The molecule has 2 aromatic carbocycles. The molecule has 1 atom stereocenters. The lowest BCUT2D eigenvalue weighted by Gasteiger charge is -2.23. The van der Waals surface area contributed by atoms with Crippen molar-refractivity contribution < 1.29 is 28.6 Å². The summed E-state index contributed by atoms with van der Waals surface area (Å²) in [5.41, 5.74) is 1.66. The first kappa shape index (κ1) is 23.9. The number of nitrogens with one attached hydrogen (secondary N) is 2. The number of imide groups is 1. The third-order valence-corrected chi connectivity index (χ3v) is 5.31. The standard InChI is InChI=1S/C23H28N4O6/c1-23(16-9-11-17(31-3)12-10-16)21(29)27(22(30)24-23)25-20(28)15-26(2)13-14-33-19-8-6-5-7-18(19)32-4/h5-12H,13-15H2,1-4H3,(H,24,30)(H,25,28). The zero-order valence-electron chi connectivity index (χ0n) is 19.1. The number of ether oxygens (including phenoxy) is 3. The number of para-hydroxylation sites is 2. The van der Waals surface area contributed by atoms with E-state index in [1.165, 1.54) is 7.11 Å². The topological polar surface area (TPSA) is 109 Å². The summed E-state index contributed by atoms with van der Waals surface area (Å²) in [5, 5.41) is 3.36. The van der Waals surface area contributed by atoms with Crippen LogP contribution in [0.4, 0.5) is 4.79 Å². The Hall–Kier alpha value is -3.79. The minimum atomic E-state index is -1.30. The Morgan fingerprint density at radius 1 is 1.06 bits per heavy atom. The fourth-order valence-electron chi connectivity index (χ4n) is 3.39. The van der Waals surface area contributed by atoms with E-state index in [0.29, 0.717) is 41.0 Å². The van der Waals surface area contributed by atoms with Gasteiger partial charge in [-0.05, 0) is 43.8 Å². The Morgan fingerprint density at radius 3 is 2.36 bits per heavy atom. The molecule has 2 N–H and O–H groups in total. The second-order valence-corrected chi connectivity index (χ2v) is 7.70. The van der Waals surface area contributed by atoms with Crippen molar-refractivity contribution in [1.82, 2.24) is 20.7 Å². The fraction of sp³-hybridized carbons (Fsp3) is 0.348. The van der Waals surface area contributed by atoms with E-state index in [1.54, 1.807) is 62.4 Å². The zero-order valence-corrected chi connectivity index (χ0v) is 19.1. The molecule has 0 aromatic heterocycles. The van der Waals surface area contributed by atoms with E-state index < -0.39 is 23.4 Å². The summed E-state index contributed by atoms with van der Waals surface area (Å²) < 4.78 is 16.1. The molecule has 0 bridgehead atoms. The number of hydrogen-bond acceptors (Lipinski definition) is 7. The van der Waals surface area contributed by atoms with Gasteiger partial charge in [-0.15, -0.1) is 0 Å². The predicted molar refractivity (Wildman–Crippen MR) is 120 cm³/mol. The highest BCUT2D eigenvalue weighted by atomic mass is 16.5. The molecule has 0 saturated carbocycles. The van der Waals surface area contributed by atoms with Gasteiger partial charge >= 0.3 is 6.03 Å². The first-order chi connectivity index (χ1) is 15.8. The number of urea groups is 1. The molecule has 176 valence electrons. The third kappa shape index (κ3) is 5.35. The second-order valence-electron chi connectivity index (χ2n) is 7.70. The van der Waals surface area contributed by atoms with E-state index in [2.05, 4.69) is 10.7 Å². The number of carbonyl (C=O) groups is 3. The van der Waals surface area contributed by atoms with Crippen LogP contribution in [-0.4, -0.2) is 68.7 Å². The highest BCUT2D eigenvalue weighted by molar-refractivity contribution is 6.08. The van der Waals surface area contributed by atoms with Gasteiger partial charge in [0.1, 0.15) is 17.9 Å². The minimum Gasteiger partial charge on any atom is -0.497 e. The zero-order chi connectivity index (χ0) is 24.0. The van der Waals surface area contributed by atoms with Crippen molar-refractivity contribution in [2.24, 2.45) is 0 Å². The largest absolute Gasteiger partial charge is 0.497 e. The Balaban J connectivity index is 1.53. The number of rotatable bonds is 10. The van der Waals surface area contributed by atoms with Crippen LogP contribution in [0.5, 0.6) is 17.2 Å². The first-order valence-electron chi connectivity index (χ1n) is 10.3. The molecule has 1 heterocycles. The van der Waals surface area contributed by atoms with Crippen LogP contribution in [0.2, 0.25) is 0 Å². The number of likely N-dealkylation sites (N-methyl/N-ethyl adjacent to an activating group) is 1. The minimum absolute atomic E-state index is 0.0361. The lowest BCUT2D eigenvalue weighted by molar-refractivity contribution is -0.139. The van der Waals surface area contributed by atoms with Gasteiger partial charge in [-0.3, -0.25) is 19.9 Å². The lowest BCUT2D eigenvalue weighted by atomic mass is 9.92. The molecular weight excluding hydrogens is 428 g/mol. The average Bonchev–Trinajstić information content (AvgIpc) is 3.03. The van der Waals surface area contributed by atoms with E-state index in [0.717, 1.165) is 0 Å². The number of amides is 4. The monoisotopic (exact) mass is 456 g/mol. The van der Waals surface area contributed by atoms with Crippen LogP contribution >= 0.6 is 0 Å². The molecule has 4 amide bonds. The van der Waals surface area contributed by atoms with E-state index in [4.69, 9.17) is 14.2 Å². The molecule has 33 heavy (non-hydrogen) atoms. The van der Waals surface area contributed by atoms with Gasteiger partial charge < -0.3 is 19.5 Å². The molecular formula is C23H28N4O6. The maximum Gasteiger partial charge on any atom is 0.344 e. The van der Waals surface area contributed by atoms with E-state index in [-0.39, 0.29) is 6.54 Å². The maximum atomic E-state index is 13.0. The van der Waals surface area contributed by atoms with Crippen molar-refractivity contribution in [3.05, 3.63) is 54.1 Å². The molecule has 1 aliphatic rings. The SMILES string of the molecule is COc1ccc(C2(C)NC(=O)N(NC(=O)CN(C)CCOc3ccccc3OC)C2=O)cc1. The molecule has 0 spiro atoms. The number of hydrogen-bond donors (Lipinski definition) is 2. The van der Waals surface area contributed by atoms with Gasteiger partial charge in [-0.1, -0.05) is 24.3 Å². The van der Waals surface area contributed by atoms with Crippen molar-refractivity contribution in [2.75, 3.05) is 41.0 Å². The maximum absolute atomic E-state index is 13.0. The highest BCUT2D eigenvalue weighted by Crippen LogP contribution is 2.29. The van der Waals surface area contributed by atoms with Crippen LogP contribution in [0.3, 0.4) is 0 Å². The molecule has 1 unspecified atom stereocenters. The van der Waals surface area contributed by atoms with E-state index >= 15 is 0 Å². The molecule has 10 heteroatoms. The Kier molecular flexibility index (Phi) is 7.39. The number of benzene rings is 2. The van der Waals surface area contributed by atoms with Crippen molar-refractivity contribution in [1.29, 1.82) is 0 Å². The van der Waals surface area contributed by atoms with Crippen LogP contribution in [0.25, 0.3) is 0 Å². The molecule has 0 radical (unpaired) electrons. The van der Waals surface area contributed by atoms with E-state index in [1.807, 2.05) is 12.1 Å². The second kappa shape index (κ2) is 10.2. The van der Waals surface area contributed by atoms with Crippen LogP contribution in [0.1, 0.15) is 12.5 Å². The first-order valence-corrected chi connectivity index (χ1v) is 10.3. The smallest absolute Gasteiger partial charge is 0.344 e. The van der Waals surface area contributed by atoms with Gasteiger partial charge in [0.25, 0.3) is 11.8 Å². The summed E-state index contributed by atoms with van der Waals surface area (Å²) in [7, 11) is 4.84. The van der Waals surface area contributed by atoms with Crippen LogP contribution < -0.4 is 25.0 Å². The summed E-state index contributed by atoms with van der Waals surface area (Å²) in [6.07, 6.45) is 0. The number of hydrazine groups is 1. The van der Waals surface area contributed by atoms with Gasteiger partial charge in [0.2, 0.25) is 0 Å². The predicted octanol–water partition coefficient (Wildman–Crippen LogP) is 1.51.